The van der Waals surface area contributed by atoms with E-state index in [0.29, 0.717) is 0 Å². The Morgan fingerprint density at radius 2 is 2.08 bits per heavy atom. The molecule has 6 heteroatoms. The van der Waals surface area contributed by atoms with Crippen molar-refractivity contribution in [3.8, 4) is 0 Å². The summed E-state index contributed by atoms with van der Waals surface area (Å²) in [6.07, 6.45) is 0. The predicted molar refractivity (Wildman–Crippen MR) is 44.6 cm³/mol. The van der Waals surface area contributed by atoms with E-state index in [1.807, 2.05) is 4.72 Å². The summed E-state index contributed by atoms with van der Waals surface area (Å²) in [7, 11) is 0. The maximum Gasteiger partial charge on any atom is 0.321 e. The van der Waals surface area contributed by atoms with Crippen molar-refractivity contribution < 1.29 is 18.3 Å². The molecule has 0 amide bonds. The molecule has 0 aromatic carbocycles. The fraction of sp³-hybridized carbons (Fsp3) is 0.833. The third kappa shape index (κ3) is 7.64. The highest BCUT2D eigenvalue weighted by molar-refractivity contribution is 7.77. The maximum absolute atomic E-state index is 10.8. The van der Waals surface area contributed by atoms with E-state index in [1.54, 1.807) is 20.8 Å². The molecule has 12 heavy (non-hydrogen) atoms. The van der Waals surface area contributed by atoms with E-state index in [4.69, 9.17) is 9.29 Å². The first-order chi connectivity index (χ1) is 5.31. The van der Waals surface area contributed by atoms with Crippen molar-refractivity contribution in [2.45, 2.75) is 26.4 Å². The highest BCUT2D eigenvalue weighted by Gasteiger charge is 2.15. The van der Waals surface area contributed by atoms with Crippen molar-refractivity contribution in [1.82, 2.24) is 4.72 Å². The van der Waals surface area contributed by atoms with Crippen LogP contribution in [-0.2, 0) is 20.8 Å². The van der Waals surface area contributed by atoms with Crippen LogP contribution >= 0.6 is 0 Å². The van der Waals surface area contributed by atoms with Crippen LogP contribution in [0.2, 0.25) is 0 Å². The summed E-state index contributed by atoms with van der Waals surface area (Å²) in [6.45, 7) is 4.91. The molecule has 0 aliphatic carbocycles. The van der Waals surface area contributed by atoms with E-state index in [9.17, 15) is 9.00 Å². The fourth-order valence-electron chi connectivity index (χ4n) is 0.498. The van der Waals surface area contributed by atoms with Gasteiger partial charge in [-0.2, -0.15) is 0 Å². The van der Waals surface area contributed by atoms with E-state index in [1.165, 1.54) is 0 Å². The summed E-state index contributed by atoms with van der Waals surface area (Å²) in [5.74, 6) is -0.551. The second kappa shape index (κ2) is 4.54. The zero-order chi connectivity index (χ0) is 9.78. The minimum atomic E-state index is -2.17. The minimum absolute atomic E-state index is 0.264. The molecule has 0 heterocycles. The van der Waals surface area contributed by atoms with Gasteiger partial charge in [0.15, 0.2) is 0 Å². The molecule has 5 nitrogen and oxygen atoms in total. The lowest BCUT2D eigenvalue weighted by molar-refractivity contribution is -0.153. The summed E-state index contributed by atoms with van der Waals surface area (Å²) in [5.41, 5.74) is -0.560. The molecule has 0 aliphatic heterocycles. The Morgan fingerprint density at radius 1 is 1.58 bits per heavy atom. The Labute approximate surface area is 73.9 Å². The van der Waals surface area contributed by atoms with E-state index in [-0.39, 0.29) is 6.54 Å². The molecule has 1 atom stereocenters. The van der Waals surface area contributed by atoms with Crippen LogP contribution in [0.3, 0.4) is 0 Å². The Kier molecular flexibility index (Phi) is 4.36. The fourth-order valence-corrected chi connectivity index (χ4v) is 0.740. The minimum Gasteiger partial charge on any atom is -0.459 e. The van der Waals surface area contributed by atoms with Crippen LogP contribution in [-0.4, -0.2) is 26.9 Å². The van der Waals surface area contributed by atoms with Gasteiger partial charge in [-0.05, 0) is 20.8 Å². The third-order valence-corrected chi connectivity index (χ3v) is 1.15. The molecule has 0 fully saturated rings. The predicted octanol–water partition coefficient (Wildman–Crippen LogP) is 0.0544. The zero-order valence-electron chi connectivity index (χ0n) is 7.29. The summed E-state index contributed by atoms with van der Waals surface area (Å²) < 4.78 is 25.2. The van der Waals surface area contributed by atoms with Crippen LogP contribution in [0.15, 0.2) is 0 Å². The summed E-state index contributed by atoms with van der Waals surface area (Å²) in [6, 6.07) is 0. The van der Waals surface area contributed by atoms with Crippen LogP contribution in [0.5, 0.6) is 0 Å². The van der Waals surface area contributed by atoms with E-state index >= 15 is 0 Å². The average molecular weight is 195 g/mol. The van der Waals surface area contributed by atoms with Gasteiger partial charge in [-0.15, -0.1) is 0 Å². The molecule has 0 bridgehead atoms. The monoisotopic (exact) mass is 195 g/mol. The average Bonchev–Trinajstić information content (AvgIpc) is 1.79. The first kappa shape index (κ1) is 11.5. The third-order valence-electron chi connectivity index (χ3n) is 0.760. The first-order valence-electron chi connectivity index (χ1n) is 3.37. The van der Waals surface area contributed by atoms with Gasteiger partial charge in [0.2, 0.25) is 11.3 Å². The Morgan fingerprint density at radius 3 is 2.42 bits per heavy atom. The van der Waals surface area contributed by atoms with Gasteiger partial charge in [0.05, 0.1) is 0 Å². The van der Waals surface area contributed by atoms with Crippen molar-refractivity contribution in [2.24, 2.45) is 0 Å². The normalized spacial score (nSPS) is 14.0. The summed E-state index contributed by atoms with van der Waals surface area (Å²) >= 11 is -2.17. The molecule has 0 aliphatic rings. The Hall–Kier alpha value is -0.460. The highest BCUT2D eigenvalue weighted by Crippen LogP contribution is 2.05. The van der Waals surface area contributed by atoms with Crippen molar-refractivity contribution in [3.05, 3.63) is 0 Å². The molecule has 72 valence electrons. The SMILES string of the molecule is CC(C)(C)OC(=O)CNS(=O)O. The number of nitrogens with one attached hydrogen (secondary N) is 1. The second-order valence-electron chi connectivity index (χ2n) is 3.16. The lowest BCUT2D eigenvalue weighted by atomic mass is 10.2. The number of rotatable bonds is 3. The molecule has 0 saturated heterocycles. The summed E-state index contributed by atoms with van der Waals surface area (Å²) in [5, 5.41) is 0. The number of esters is 1. The number of carbonyl (C=O) groups is 1. The number of hydrogen-bond acceptors (Lipinski definition) is 3. The van der Waals surface area contributed by atoms with Gasteiger partial charge in [-0.3, -0.25) is 9.35 Å². The molecular weight excluding hydrogens is 182 g/mol. The van der Waals surface area contributed by atoms with Crippen LogP contribution in [0.1, 0.15) is 20.8 Å². The van der Waals surface area contributed by atoms with Gasteiger partial charge in [-0.1, -0.05) is 0 Å². The van der Waals surface area contributed by atoms with Gasteiger partial charge < -0.3 is 4.74 Å². The molecule has 0 aromatic heterocycles. The highest BCUT2D eigenvalue weighted by atomic mass is 32.2. The number of hydrogen-bond donors (Lipinski definition) is 2. The molecule has 0 spiro atoms. The van der Waals surface area contributed by atoms with E-state index in [2.05, 4.69) is 0 Å². The standard InChI is InChI=1S/C6H13NO4S/c1-6(2,3)11-5(8)4-7-12(9)10/h7H,4H2,1-3H3,(H,9,10). The maximum atomic E-state index is 10.8. The molecule has 0 saturated carbocycles. The lowest BCUT2D eigenvalue weighted by Gasteiger charge is -2.19. The molecule has 0 rings (SSSR count). The van der Waals surface area contributed by atoms with E-state index < -0.39 is 22.8 Å². The van der Waals surface area contributed by atoms with Gasteiger partial charge in [0, 0.05) is 0 Å². The van der Waals surface area contributed by atoms with Crippen LogP contribution in [0.4, 0.5) is 0 Å². The number of ether oxygens (including phenoxy) is 1. The van der Waals surface area contributed by atoms with Gasteiger partial charge >= 0.3 is 5.97 Å². The molecule has 0 radical (unpaired) electrons. The van der Waals surface area contributed by atoms with Crippen LogP contribution < -0.4 is 4.72 Å². The first-order valence-corrected chi connectivity index (χ1v) is 4.48. The Bertz CT molecular complexity index is 186. The van der Waals surface area contributed by atoms with Gasteiger partial charge in [-0.25, -0.2) is 8.93 Å². The molecular formula is C6H13NO4S. The zero-order valence-corrected chi connectivity index (χ0v) is 8.10. The van der Waals surface area contributed by atoms with Gasteiger partial charge in [0.25, 0.3) is 0 Å². The van der Waals surface area contributed by atoms with Crippen molar-refractivity contribution in [3.63, 3.8) is 0 Å². The van der Waals surface area contributed by atoms with E-state index in [0.717, 1.165) is 0 Å². The van der Waals surface area contributed by atoms with Crippen molar-refractivity contribution >= 4 is 17.2 Å². The largest absolute Gasteiger partial charge is 0.459 e. The molecule has 2 N–H and O–H groups in total. The lowest BCUT2D eigenvalue weighted by Crippen LogP contribution is -2.32. The summed E-state index contributed by atoms with van der Waals surface area (Å²) in [4.78, 5) is 10.8. The van der Waals surface area contributed by atoms with Crippen LogP contribution in [0.25, 0.3) is 0 Å². The number of carbonyl (C=O) groups excluding carboxylic acids is 1. The molecule has 0 aromatic rings. The second-order valence-corrected chi connectivity index (χ2v) is 3.94. The smallest absolute Gasteiger partial charge is 0.321 e. The van der Waals surface area contributed by atoms with Gasteiger partial charge in [0.1, 0.15) is 12.1 Å². The van der Waals surface area contributed by atoms with Crippen LogP contribution in [0, 0.1) is 0 Å². The quantitative estimate of drug-likeness (QED) is 0.493. The van der Waals surface area contributed by atoms with Crippen molar-refractivity contribution in [1.29, 1.82) is 0 Å². The topological polar surface area (TPSA) is 75.6 Å². The van der Waals surface area contributed by atoms with Crippen molar-refractivity contribution in [2.75, 3.05) is 6.54 Å². The Balaban J connectivity index is 3.68. The molecule has 1 unspecified atom stereocenters.